The molecule has 0 spiro atoms. The molecule has 1 atom stereocenters. The van der Waals surface area contributed by atoms with Crippen LogP contribution in [0.4, 0.5) is 0 Å². The highest BCUT2D eigenvalue weighted by Crippen LogP contribution is 2.26. The van der Waals surface area contributed by atoms with Gasteiger partial charge in [-0.1, -0.05) is 56.3 Å². The molecule has 1 aliphatic rings. The van der Waals surface area contributed by atoms with Crippen molar-refractivity contribution in [1.82, 2.24) is 10.6 Å². The third-order valence-electron chi connectivity index (χ3n) is 4.80. The Hall–Kier alpha value is -2.33. The third kappa shape index (κ3) is 4.85. The third-order valence-corrected chi connectivity index (χ3v) is 4.80. The number of carbonyl (C=O) groups is 1. The first-order valence-corrected chi connectivity index (χ1v) is 9.46. The highest BCUT2D eigenvalue weighted by atomic mass is 16.5. The summed E-state index contributed by atoms with van der Waals surface area (Å²) >= 11 is 0. The van der Waals surface area contributed by atoms with Crippen LogP contribution in [0.25, 0.3) is 0 Å². The number of piperidine rings is 1. The van der Waals surface area contributed by atoms with Gasteiger partial charge in [-0.05, 0) is 49.5 Å². The maximum atomic E-state index is 13.0. The number of ether oxygens (including phenoxy) is 1. The Balaban J connectivity index is 1.79. The van der Waals surface area contributed by atoms with E-state index >= 15 is 0 Å². The zero-order valence-corrected chi connectivity index (χ0v) is 15.6. The summed E-state index contributed by atoms with van der Waals surface area (Å²) in [5.41, 5.74) is 2.07. The van der Waals surface area contributed by atoms with Gasteiger partial charge in [0.05, 0.1) is 0 Å². The molecule has 1 amide bonds. The van der Waals surface area contributed by atoms with E-state index in [2.05, 4.69) is 30.5 Å². The lowest BCUT2D eigenvalue weighted by Crippen LogP contribution is -2.45. The van der Waals surface area contributed by atoms with Gasteiger partial charge in [0.2, 0.25) is 6.10 Å². The monoisotopic (exact) mass is 352 g/mol. The van der Waals surface area contributed by atoms with Crippen molar-refractivity contribution in [2.45, 2.75) is 44.8 Å². The molecule has 0 radical (unpaired) electrons. The smallest absolute Gasteiger partial charge is 0.266 e. The zero-order chi connectivity index (χ0) is 18.4. The first-order valence-electron chi connectivity index (χ1n) is 9.46. The van der Waals surface area contributed by atoms with Crippen LogP contribution in [0.3, 0.4) is 0 Å². The standard InChI is InChI=1S/C22H28N2O2/c1-16(2)18-9-6-10-20(15-18)26-21(17-7-4-3-5-8-17)22(25)24-19-11-13-23-14-12-19/h3-10,15-16,19,21,23H,11-14H2,1-2H3,(H,24,25). The Labute approximate surface area is 156 Å². The zero-order valence-electron chi connectivity index (χ0n) is 15.6. The summed E-state index contributed by atoms with van der Waals surface area (Å²) in [5.74, 6) is 1.07. The molecule has 138 valence electrons. The van der Waals surface area contributed by atoms with E-state index in [1.165, 1.54) is 5.56 Å². The Morgan fingerprint density at radius 2 is 1.73 bits per heavy atom. The summed E-state index contributed by atoms with van der Waals surface area (Å²) in [7, 11) is 0. The normalized spacial score (nSPS) is 16.3. The first-order chi connectivity index (χ1) is 12.6. The molecule has 0 aliphatic carbocycles. The molecule has 1 unspecified atom stereocenters. The molecule has 3 rings (SSSR count). The number of hydrogen-bond donors (Lipinski definition) is 2. The average Bonchev–Trinajstić information content (AvgIpc) is 2.67. The van der Waals surface area contributed by atoms with Crippen molar-refractivity contribution >= 4 is 5.91 Å². The average molecular weight is 352 g/mol. The lowest BCUT2D eigenvalue weighted by molar-refractivity contribution is -0.129. The summed E-state index contributed by atoms with van der Waals surface area (Å²) in [6.45, 7) is 6.19. The molecule has 2 aromatic rings. The highest BCUT2D eigenvalue weighted by molar-refractivity contribution is 5.82. The van der Waals surface area contributed by atoms with E-state index in [0.29, 0.717) is 5.92 Å². The molecule has 4 nitrogen and oxygen atoms in total. The molecule has 1 fully saturated rings. The molecule has 2 N–H and O–H groups in total. The van der Waals surface area contributed by atoms with E-state index in [1.54, 1.807) is 0 Å². The Kier molecular flexibility index (Phi) is 6.29. The summed E-state index contributed by atoms with van der Waals surface area (Å²) in [6, 6.07) is 17.9. The second-order valence-corrected chi connectivity index (χ2v) is 7.17. The van der Waals surface area contributed by atoms with Crippen molar-refractivity contribution in [3.63, 3.8) is 0 Å². The Bertz CT molecular complexity index is 709. The molecule has 1 aliphatic heterocycles. The van der Waals surface area contributed by atoms with Gasteiger partial charge in [-0.2, -0.15) is 0 Å². The van der Waals surface area contributed by atoms with Gasteiger partial charge >= 0.3 is 0 Å². The van der Waals surface area contributed by atoms with E-state index < -0.39 is 6.10 Å². The molecule has 1 saturated heterocycles. The van der Waals surface area contributed by atoms with Gasteiger partial charge in [0.15, 0.2) is 0 Å². The van der Waals surface area contributed by atoms with Crippen LogP contribution in [-0.2, 0) is 4.79 Å². The molecular formula is C22H28N2O2. The number of amides is 1. The van der Waals surface area contributed by atoms with Crippen molar-refractivity contribution < 1.29 is 9.53 Å². The quantitative estimate of drug-likeness (QED) is 0.831. The number of benzene rings is 2. The molecular weight excluding hydrogens is 324 g/mol. The fraction of sp³-hybridized carbons (Fsp3) is 0.409. The van der Waals surface area contributed by atoms with E-state index in [-0.39, 0.29) is 11.9 Å². The molecule has 0 bridgehead atoms. The van der Waals surface area contributed by atoms with Crippen molar-refractivity contribution in [2.24, 2.45) is 0 Å². The van der Waals surface area contributed by atoms with Crippen molar-refractivity contribution in [3.05, 3.63) is 65.7 Å². The van der Waals surface area contributed by atoms with Gasteiger partial charge in [-0.25, -0.2) is 0 Å². The van der Waals surface area contributed by atoms with Crippen molar-refractivity contribution in [3.8, 4) is 5.75 Å². The lowest BCUT2D eigenvalue weighted by atomic mass is 10.0. The Morgan fingerprint density at radius 3 is 2.42 bits per heavy atom. The number of carbonyl (C=O) groups excluding carboxylic acids is 1. The van der Waals surface area contributed by atoms with Crippen LogP contribution in [-0.4, -0.2) is 25.0 Å². The van der Waals surface area contributed by atoms with Crippen LogP contribution in [0.2, 0.25) is 0 Å². The van der Waals surface area contributed by atoms with Crippen LogP contribution in [0.1, 0.15) is 49.8 Å². The van der Waals surface area contributed by atoms with E-state index in [4.69, 9.17) is 4.74 Å². The number of rotatable bonds is 6. The van der Waals surface area contributed by atoms with Crippen LogP contribution >= 0.6 is 0 Å². The Morgan fingerprint density at radius 1 is 1.04 bits per heavy atom. The van der Waals surface area contributed by atoms with Crippen LogP contribution in [0, 0.1) is 0 Å². The van der Waals surface area contributed by atoms with Crippen molar-refractivity contribution in [2.75, 3.05) is 13.1 Å². The second kappa shape index (κ2) is 8.86. The van der Waals surface area contributed by atoms with E-state index in [1.807, 2.05) is 48.5 Å². The molecule has 26 heavy (non-hydrogen) atoms. The molecule has 0 saturated carbocycles. The van der Waals surface area contributed by atoms with Gasteiger partial charge in [-0.3, -0.25) is 4.79 Å². The fourth-order valence-corrected chi connectivity index (χ4v) is 3.23. The highest BCUT2D eigenvalue weighted by Gasteiger charge is 2.26. The van der Waals surface area contributed by atoms with E-state index in [0.717, 1.165) is 37.2 Å². The predicted molar refractivity (Wildman–Crippen MR) is 104 cm³/mol. The minimum atomic E-state index is -0.645. The largest absolute Gasteiger partial charge is 0.476 e. The SMILES string of the molecule is CC(C)c1cccc(OC(C(=O)NC2CCNCC2)c2ccccc2)c1. The topological polar surface area (TPSA) is 50.4 Å². The first kappa shape index (κ1) is 18.5. The van der Waals surface area contributed by atoms with Crippen LogP contribution < -0.4 is 15.4 Å². The minimum Gasteiger partial charge on any atom is -0.476 e. The molecule has 2 aromatic carbocycles. The maximum absolute atomic E-state index is 13.0. The summed E-state index contributed by atoms with van der Waals surface area (Å²) in [6.07, 6.45) is 1.26. The second-order valence-electron chi connectivity index (χ2n) is 7.17. The molecule has 0 aromatic heterocycles. The molecule has 4 heteroatoms. The minimum absolute atomic E-state index is 0.0712. The lowest BCUT2D eigenvalue weighted by Gasteiger charge is -2.26. The number of hydrogen-bond acceptors (Lipinski definition) is 3. The summed E-state index contributed by atoms with van der Waals surface area (Å²) in [5, 5.41) is 6.49. The molecule has 1 heterocycles. The predicted octanol–water partition coefficient (Wildman–Crippen LogP) is 3.80. The van der Waals surface area contributed by atoms with Crippen molar-refractivity contribution in [1.29, 1.82) is 0 Å². The number of nitrogens with one attached hydrogen (secondary N) is 2. The van der Waals surface area contributed by atoms with Gasteiger partial charge in [0.1, 0.15) is 5.75 Å². The summed E-state index contributed by atoms with van der Waals surface area (Å²) < 4.78 is 6.17. The van der Waals surface area contributed by atoms with Crippen LogP contribution in [0.15, 0.2) is 54.6 Å². The van der Waals surface area contributed by atoms with Gasteiger partial charge < -0.3 is 15.4 Å². The maximum Gasteiger partial charge on any atom is 0.266 e. The van der Waals surface area contributed by atoms with E-state index in [9.17, 15) is 4.79 Å². The van der Waals surface area contributed by atoms with Gasteiger partial charge in [0.25, 0.3) is 5.91 Å². The van der Waals surface area contributed by atoms with Crippen LogP contribution in [0.5, 0.6) is 5.75 Å². The summed E-state index contributed by atoms with van der Waals surface area (Å²) in [4.78, 5) is 13.0. The van der Waals surface area contributed by atoms with Gasteiger partial charge in [0, 0.05) is 11.6 Å². The van der Waals surface area contributed by atoms with Gasteiger partial charge in [-0.15, -0.1) is 0 Å². The fourth-order valence-electron chi connectivity index (χ4n) is 3.23.